The Morgan fingerprint density at radius 3 is 2.83 bits per heavy atom. The van der Waals surface area contributed by atoms with Gasteiger partial charge in [0.1, 0.15) is 17.2 Å². The average molecular weight is 407 g/mol. The van der Waals surface area contributed by atoms with Crippen molar-refractivity contribution in [3.8, 4) is 0 Å². The Kier molecular flexibility index (Phi) is 5.73. The van der Waals surface area contributed by atoms with E-state index in [2.05, 4.69) is 36.1 Å². The van der Waals surface area contributed by atoms with Crippen molar-refractivity contribution >= 4 is 45.1 Å². The number of aryl methyl sites for hydroxylation is 1. The zero-order valence-corrected chi connectivity index (χ0v) is 15.9. The van der Waals surface area contributed by atoms with E-state index in [1.165, 1.54) is 24.6 Å². The van der Waals surface area contributed by atoms with Crippen molar-refractivity contribution in [3.05, 3.63) is 40.6 Å². The van der Waals surface area contributed by atoms with Crippen molar-refractivity contribution < 1.29 is 4.79 Å². The number of carbonyl (C=O) groups excluding carboxylic acids is 1. The molecule has 0 unspecified atom stereocenters. The summed E-state index contributed by atoms with van der Waals surface area (Å²) in [5, 5.41) is 3.74. The number of hydrogen-bond acceptors (Lipinski definition) is 5. The minimum Gasteiger partial charge on any atom is -0.356 e. The van der Waals surface area contributed by atoms with Gasteiger partial charge in [0.2, 0.25) is 5.91 Å². The van der Waals surface area contributed by atoms with Crippen LogP contribution in [0.5, 0.6) is 0 Å². The first kappa shape index (κ1) is 17.2. The second-order valence-corrected chi connectivity index (χ2v) is 7.56. The number of nitrogens with one attached hydrogen (secondary N) is 1. The maximum atomic E-state index is 12.1. The smallest absolute Gasteiger partial charge is 0.234 e. The molecular weight excluding hydrogens is 388 g/mol. The third kappa shape index (κ3) is 4.48. The summed E-state index contributed by atoms with van der Waals surface area (Å²) in [5.74, 6) is 1.24. The molecule has 1 aromatic carbocycles. The van der Waals surface area contributed by atoms with Crippen LogP contribution in [0, 0.1) is 6.92 Å². The van der Waals surface area contributed by atoms with Gasteiger partial charge in [0.25, 0.3) is 0 Å². The van der Waals surface area contributed by atoms with Crippen LogP contribution in [-0.2, 0) is 4.79 Å². The van der Waals surface area contributed by atoms with Crippen LogP contribution in [0.15, 0.2) is 40.1 Å². The maximum absolute atomic E-state index is 12.1. The van der Waals surface area contributed by atoms with Gasteiger partial charge in [0.05, 0.1) is 5.75 Å². The van der Waals surface area contributed by atoms with Crippen LogP contribution in [-0.4, -0.2) is 34.7 Å². The summed E-state index contributed by atoms with van der Waals surface area (Å²) < 4.78 is 1.03. The van der Waals surface area contributed by atoms with Crippen LogP contribution in [0.3, 0.4) is 0 Å². The monoisotopic (exact) mass is 406 g/mol. The predicted octanol–water partition coefficient (Wildman–Crippen LogP) is 3.88. The first-order chi connectivity index (χ1) is 11.6. The molecule has 2 heterocycles. The van der Waals surface area contributed by atoms with E-state index in [0.29, 0.717) is 5.75 Å². The fourth-order valence-corrected chi connectivity index (χ4v) is 3.50. The number of benzene rings is 1. The third-order valence-corrected chi connectivity index (χ3v) is 5.67. The molecule has 2 aromatic rings. The lowest BCUT2D eigenvalue weighted by Crippen LogP contribution is -2.19. The molecule has 3 rings (SSSR count). The van der Waals surface area contributed by atoms with E-state index in [-0.39, 0.29) is 5.91 Å². The topological polar surface area (TPSA) is 58.1 Å². The molecule has 5 nitrogen and oxygen atoms in total. The Labute approximate surface area is 154 Å². The average Bonchev–Trinajstić information content (AvgIpc) is 3.11. The van der Waals surface area contributed by atoms with Crippen molar-refractivity contribution in [2.24, 2.45) is 0 Å². The summed E-state index contributed by atoms with van der Waals surface area (Å²) in [7, 11) is 0. The fraction of sp³-hybridized carbons (Fsp3) is 0.353. The minimum absolute atomic E-state index is 0.0388. The molecule has 0 aliphatic carbocycles. The van der Waals surface area contributed by atoms with E-state index in [1.54, 1.807) is 6.33 Å². The van der Waals surface area contributed by atoms with Gasteiger partial charge in [0, 0.05) is 29.3 Å². The number of aromatic nitrogens is 2. The Morgan fingerprint density at radius 1 is 1.29 bits per heavy atom. The molecule has 1 saturated heterocycles. The molecule has 0 bridgehead atoms. The van der Waals surface area contributed by atoms with Crippen LogP contribution >= 0.6 is 27.7 Å². The first-order valence-electron chi connectivity index (χ1n) is 7.87. The van der Waals surface area contributed by atoms with Crippen molar-refractivity contribution in [1.82, 2.24) is 9.97 Å². The van der Waals surface area contributed by atoms with Crippen LogP contribution in [0.1, 0.15) is 18.4 Å². The van der Waals surface area contributed by atoms with Crippen molar-refractivity contribution in [2.45, 2.75) is 24.8 Å². The Morgan fingerprint density at radius 2 is 2.08 bits per heavy atom. The van der Waals surface area contributed by atoms with E-state index < -0.39 is 0 Å². The summed E-state index contributed by atoms with van der Waals surface area (Å²) in [6.45, 7) is 4.09. The van der Waals surface area contributed by atoms with Gasteiger partial charge < -0.3 is 10.2 Å². The first-order valence-corrected chi connectivity index (χ1v) is 9.65. The van der Waals surface area contributed by atoms with E-state index in [4.69, 9.17) is 0 Å². The predicted molar refractivity (Wildman–Crippen MR) is 102 cm³/mol. The lowest BCUT2D eigenvalue weighted by molar-refractivity contribution is -0.113. The molecule has 1 fully saturated rings. The lowest BCUT2D eigenvalue weighted by atomic mass is 10.2. The number of amides is 1. The van der Waals surface area contributed by atoms with Gasteiger partial charge in [-0.2, -0.15) is 0 Å². The number of carbonyl (C=O) groups is 1. The van der Waals surface area contributed by atoms with Gasteiger partial charge in [0.15, 0.2) is 0 Å². The summed E-state index contributed by atoms with van der Waals surface area (Å²) >= 11 is 4.89. The molecule has 0 spiro atoms. The van der Waals surface area contributed by atoms with Gasteiger partial charge in [-0.05, 0) is 43.5 Å². The van der Waals surface area contributed by atoms with Crippen LogP contribution in [0.4, 0.5) is 11.5 Å². The summed E-state index contributed by atoms with van der Waals surface area (Å²) in [5.41, 5.74) is 1.90. The highest BCUT2D eigenvalue weighted by Crippen LogP contribution is 2.23. The van der Waals surface area contributed by atoms with E-state index in [0.717, 1.165) is 39.7 Å². The van der Waals surface area contributed by atoms with E-state index in [1.807, 2.05) is 31.2 Å². The minimum atomic E-state index is -0.0388. The highest BCUT2D eigenvalue weighted by atomic mass is 79.9. The Bertz CT molecular complexity index is 734. The van der Waals surface area contributed by atoms with Gasteiger partial charge in [-0.25, -0.2) is 9.97 Å². The van der Waals surface area contributed by atoms with Crippen molar-refractivity contribution in [3.63, 3.8) is 0 Å². The molecule has 0 saturated carbocycles. The molecular formula is C17H19BrN4OS. The Hall–Kier alpha value is -1.60. The van der Waals surface area contributed by atoms with Crippen molar-refractivity contribution in [2.75, 3.05) is 29.1 Å². The highest BCUT2D eigenvalue weighted by molar-refractivity contribution is 9.10. The molecule has 1 aromatic heterocycles. The van der Waals surface area contributed by atoms with E-state index >= 15 is 0 Å². The van der Waals surface area contributed by atoms with Crippen LogP contribution in [0.2, 0.25) is 0 Å². The second kappa shape index (κ2) is 7.98. The number of nitrogens with zero attached hydrogens (tertiary/aromatic N) is 3. The van der Waals surface area contributed by atoms with Gasteiger partial charge in [-0.3, -0.25) is 4.79 Å². The quantitative estimate of drug-likeness (QED) is 0.602. The summed E-state index contributed by atoms with van der Waals surface area (Å²) in [4.78, 5) is 23.0. The number of halogens is 1. The number of thioether (sulfide) groups is 1. The zero-order chi connectivity index (χ0) is 16.9. The molecule has 1 N–H and O–H groups in total. The molecule has 126 valence electrons. The lowest BCUT2D eigenvalue weighted by Gasteiger charge is -2.16. The van der Waals surface area contributed by atoms with Crippen LogP contribution in [0.25, 0.3) is 0 Å². The maximum Gasteiger partial charge on any atom is 0.234 e. The van der Waals surface area contributed by atoms with Gasteiger partial charge in [-0.1, -0.05) is 27.7 Å². The number of rotatable bonds is 5. The molecule has 1 aliphatic heterocycles. The molecule has 7 heteroatoms. The standard InChI is InChI=1S/C17H19BrN4OS/c1-12-8-13(4-5-14(12)18)21-16(23)10-24-17-9-15(19-11-20-17)22-6-2-3-7-22/h4-5,8-9,11H,2-3,6-7,10H2,1H3,(H,21,23). The fourth-order valence-electron chi connectivity index (χ4n) is 2.59. The van der Waals surface area contributed by atoms with Crippen molar-refractivity contribution in [1.29, 1.82) is 0 Å². The SMILES string of the molecule is Cc1cc(NC(=O)CSc2cc(N3CCCC3)ncn2)ccc1Br. The summed E-state index contributed by atoms with van der Waals surface area (Å²) in [6.07, 6.45) is 3.99. The molecule has 0 radical (unpaired) electrons. The molecule has 1 amide bonds. The van der Waals surface area contributed by atoms with Gasteiger partial charge in [-0.15, -0.1) is 0 Å². The largest absolute Gasteiger partial charge is 0.356 e. The summed E-state index contributed by atoms with van der Waals surface area (Å²) in [6, 6.07) is 7.73. The second-order valence-electron chi connectivity index (χ2n) is 5.71. The highest BCUT2D eigenvalue weighted by Gasteiger charge is 2.14. The molecule has 1 aliphatic rings. The zero-order valence-electron chi connectivity index (χ0n) is 13.5. The number of hydrogen-bond donors (Lipinski definition) is 1. The molecule has 24 heavy (non-hydrogen) atoms. The third-order valence-electron chi connectivity index (χ3n) is 3.85. The Balaban J connectivity index is 1.55. The normalized spacial score (nSPS) is 14.0. The van der Waals surface area contributed by atoms with Crippen LogP contribution < -0.4 is 10.2 Å². The van der Waals surface area contributed by atoms with E-state index in [9.17, 15) is 4.79 Å². The van der Waals surface area contributed by atoms with Gasteiger partial charge >= 0.3 is 0 Å². The molecule has 0 atom stereocenters. The number of anilines is 2.